The number of benzene rings is 1. The smallest absolute Gasteiger partial charge is 0.270 e. The van der Waals surface area contributed by atoms with Crippen molar-refractivity contribution in [1.82, 2.24) is 9.47 Å². The first kappa shape index (κ1) is 15.1. The van der Waals surface area contributed by atoms with Crippen LogP contribution in [0.3, 0.4) is 0 Å². The summed E-state index contributed by atoms with van der Waals surface area (Å²) in [5.41, 5.74) is 2.74. The predicted molar refractivity (Wildman–Crippen MR) is 86.8 cm³/mol. The Labute approximate surface area is 130 Å². The number of hydrogen-bond acceptors (Lipinski definition) is 3. The molecule has 0 bridgehead atoms. The van der Waals surface area contributed by atoms with Gasteiger partial charge in [0, 0.05) is 31.0 Å². The van der Waals surface area contributed by atoms with Crippen LogP contribution in [0.15, 0.2) is 24.3 Å². The summed E-state index contributed by atoms with van der Waals surface area (Å²) < 4.78 is 25.1. The number of carbonyl (C=O) groups is 1. The number of hydrogen-bond donors (Lipinski definition) is 0. The summed E-state index contributed by atoms with van der Waals surface area (Å²) in [7, 11) is 0.563. The molecule has 2 heterocycles. The van der Waals surface area contributed by atoms with E-state index >= 15 is 0 Å². The second-order valence-electron chi connectivity index (χ2n) is 6.12. The molecule has 1 fully saturated rings. The highest BCUT2D eigenvalue weighted by atomic mass is 32.2. The fourth-order valence-corrected chi connectivity index (χ4v) is 4.85. The first-order chi connectivity index (χ1) is 10.3. The van der Waals surface area contributed by atoms with E-state index in [1.807, 2.05) is 42.8 Å². The number of sulfone groups is 1. The van der Waals surface area contributed by atoms with E-state index in [2.05, 4.69) is 0 Å². The van der Waals surface area contributed by atoms with Gasteiger partial charge in [0.2, 0.25) is 0 Å². The van der Waals surface area contributed by atoms with Crippen LogP contribution in [0.1, 0.15) is 22.5 Å². The molecule has 1 atom stereocenters. The molecular formula is C16H20N2O3S. The summed E-state index contributed by atoms with van der Waals surface area (Å²) in [6.07, 6.45) is 0.521. The molecule has 0 aliphatic carbocycles. The van der Waals surface area contributed by atoms with Crippen molar-refractivity contribution < 1.29 is 13.2 Å². The van der Waals surface area contributed by atoms with E-state index in [0.717, 1.165) is 16.5 Å². The van der Waals surface area contributed by atoms with E-state index in [1.54, 1.807) is 11.9 Å². The highest BCUT2D eigenvalue weighted by molar-refractivity contribution is 7.91. The number of fused-ring (bicyclic) bond motifs is 1. The van der Waals surface area contributed by atoms with Crippen molar-refractivity contribution in [3.8, 4) is 0 Å². The maximum absolute atomic E-state index is 12.7. The van der Waals surface area contributed by atoms with Crippen LogP contribution < -0.4 is 0 Å². The zero-order valence-electron chi connectivity index (χ0n) is 13.0. The van der Waals surface area contributed by atoms with Crippen molar-refractivity contribution in [2.45, 2.75) is 19.4 Å². The summed E-state index contributed by atoms with van der Waals surface area (Å²) in [6.45, 7) is 2.02. The summed E-state index contributed by atoms with van der Waals surface area (Å²) in [4.78, 5) is 14.3. The molecule has 3 rings (SSSR count). The maximum Gasteiger partial charge on any atom is 0.270 e. The third-order valence-electron chi connectivity index (χ3n) is 4.50. The fourth-order valence-electron chi connectivity index (χ4n) is 3.07. The third kappa shape index (κ3) is 2.52. The molecule has 1 aliphatic heterocycles. The minimum Gasteiger partial charge on any atom is -0.340 e. The Morgan fingerprint density at radius 1 is 1.32 bits per heavy atom. The first-order valence-electron chi connectivity index (χ1n) is 7.32. The Balaban J connectivity index is 1.94. The fraction of sp³-hybridized carbons (Fsp3) is 0.438. The Hall–Kier alpha value is -1.82. The number of rotatable bonds is 2. The van der Waals surface area contributed by atoms with Crippen molar-refractivity contribution in [1.29, 1.82) is 0 Å². The molecule has 1 aromatic carbocycles. The zero-order chi connectivity index (χ0) is 16.1. The molecule has 1 amide bonds. The highest BCUT2D eigenvalue weighted by Gasteiger charge is 2.33. The lowest BCUT2D eigenvalue weighted by atomic mass is 10.2. The SMILES string of the molecule is Cc1ccc2cc(C(=O)N(C)C3CCS(=O)(=O)C3)n(C)c2c1. The molecule has 0 N–H and O–H groups in total. The van der Waals surface area contributed by atoms with Gasteiger partial charge in [-0.3, -0.25) is 4.79 Å². The molecular weight excluding hydrogens is 300 g/mol. The molecule has 0 saturated carbocycles. The van der Waals surface area contributed by atoms with Crippen LogP contribution >= 0.6 is 0 Å². The Bertz CT molecular complexity index is 852. The topological polar surface area (TPSA) is 59.4 Å². The van der Waals surface area contributed by atoms with Gasteiger partial charge in [0.25, 0.3) is 5.91 Å². The van der Waals surface area contributed by atoms with Crippen LogP contribution in [0, 0.1) is 6.92 Å². The first-order valence-corrected chi connectivity index (χ1v) is 9.14. The second-order valence-corrected chi connectivity index (χ2v) is 8.35. The van der Waals surface area contributed by atoms with E-state index < -0.39 is 9.84 Å². The molecule has 0 spiro atoms. The molecule has 1 saturated heterocycles. The summed E-state index contributed by atoms with van der Waals surface area (Å²) in [5, 5.41) is 1.02. The maximum atomic E-state index is 12.7. The van der Waals surface area contributed by atoms with Crippen molar-refractivity contribution in [3.05, 3.63) is 35.5 Å². The number of aromatic nitrogens is 1. The Kier molecular flexibility index (Phi) is 3.51. The lowest BCUT2D eigenvalue weighted by molar-refractivity contribution is 0.0738. The van der Waals surface area contributed by atoms with Crippen LogP contribution in [0.4, 0.5) is 0 Å². The molecule has 118 valence electrons. The predicted octanol–water partition coefficient (Wildman–Crippen LogP) is 1.75. The monoisotopic (exact) mass is 320 g/mol. The summed E-state index contributed by atoms with van der Waals surface area (Å²) >= 11 is 0. The zero-order valence-corrected chi connectivity index (χ0v) is 13.9. The standard InChI is InChI=1S/C16H20N2O3S/c1-11-4-5-12-9-15(18(3)14(12)8-11)16(19)17(2)13-6-7-22(20,21)10-13/h4-5,8-9,13H,6-7,10H2,1-3H3. The quantitative estimate of drug-likeness (QED) is 0.847. The number of carbonyl (C=O) groups excluding carboxylic acids is 1. The van der Waals surface area contributed by atoms with Gasteiger partial charge in [-0.1, -0.05) is 12.1 Å². The van der Waals surface area contributed by atoms with E-state index in [-0.39, 0.29) is 23.5 Å². The Morgan fingerprint density at radius 2 is 2.05 bits per heavy atom. The summed E-state index contributed by atoms with van der Waals surface area (Å²) in [6, 6.07) is 7.71. The molecule has 2 aromatic rings. The van der Waals surface area contributed by atoms with E-state index in [0.29, 0.717) is 12.1 Å². The van der Waals surface area contributed by atoms with Crippen LogP contribution in [-0.2, 0) is 16.9 Å². The molecule has 0 radical (unpaired) electrons. The van der Waals surface area contributed by atoms with E-state index in [4.69, 9.17) is 0 Å². The van der Waals surface area contributed by atoms with Crippen LogP contribution in [0.2, 0.25) is 0 Å². The van der Waals surface area contributed by atoms with Crippen LogP contribution in [0.5, 0.6) is 0 Å². The minimum atomic E-state index is -3.00. The third-order valence-corrected chi connectivity index (χ3v) is 6.25. The van der Waals surface area contributed by atoms with Gasteiger partial charge in [0.15, 0.2) is 9.84 Å². The molecule has 1 aliphatic rings. The van der Waals surface area contributed by atoms with Gasteiger partial charge in [0.1, 0.15) is 5.69 Å². The van der Waals surface area contributed by atoms with Crippen molar-refractivity contribution in [2.24, 2.45) is 7.05 Å². The molecule has 1 unspecified atom stereocenters. The number of amides is 1. The van der Waals surface area contributed by atoms with Gasteiger partial charge >= 0.3 is 0 Å². The van der Waals surface area contributed by atoms with E-state index in [9.17, 15) is 13.2 Å². The van der Waals surface area contributed by atoms with Crippen LogP contribution in [0.25, 0.3) is 10.9 Å². The van der Waals surface area contributed by atoms with Crippen molar-refractivity contribution >= 4 is 26.6 Å². The number of aryl methyl sites for hydroxylation is 2. The van der Waals surface area contributed by atoms with Crippen LogP contribution in [-0.4, -0.2) is 48.4 Å². The minimum absolute atomic E-state index is 0.0677. The van der Waals surface area contributed by atoms with Gasteiger partial charge in [-0.25, -0.2) is 8.42 Å². The average molecular weight is 320 g/mol. The molecule has 1 aromatic heterocycles. The average Bonchev–Trinajstić information content (AvgIpc) is 2.98. The van der Waals surface area contributed by atoms with Gasteiger partial charge in [-0.2, -0.15) is 0 Å². The van der Waals surface area contributed by atoms with E-state index in [1.165, 1.54) is 0 Å². The lowest BCUT2D eigenvalue weighted by Gasteiger charge is -2.23. The Morgan fingerprint density at radius 3 is 2.68 bits per heavy atom. The van der Waals surface area contributed by atoms with Gasteiger partial charge in [0.05, 0.1) is 11.5 Å². The largest absolute Gasteiger partial charge is 0.340 e. The highest BCUT2D eigenvalue weighted by Crippen LogP contribution is 2.23. The second kappa shape index (κ2) is 5.12. The molecule has 5 nitrogen and oxygen atoms in total. The van der Waals surface area contributed by atoms with Gasteiger partial charge in [-0.15, -0.1) is 0 Å². The van der Waals surface area contributed by atoms with Gasteiger partial charge < -0.3 is 9.47 Å². The molecule has 6 heteroatoms. The van der Waals surface area contributed by atoms with Crippen molar-refractivity contribution in [2.75, 3.05) is 18.6 Å². The number of nitrogens with zero attached hydrogens (tertiary/aromatic N) is 2. The lowest BCUT2D eigenvalue weighted by Crippen LogP contribution is -2.38. The van der Waals surface area contributed by atoms with Gasteiger partial charge in [-0.05, 0) is 31.0 Å². The molecule has 22 heavy (non-hydrogen) atoms. The van der Waals surface area contributed by atoms with Crippen molar-refractivity contribution in [3.63, 3.8) is 0 Å². The summed E-state index contributed by atoms with van der Waals surface area (Å²) in [5.74, 6) is 0.112. The normalized spacial score (nSPS) is 20.4.